The van der Waals surface area contributed by atoms with Gasteiger partial charge in [0, 0.05) is 6.42 Å². The number of hydrazone groups is 1. The molecule has 36 heavy (non-hydrogen) atoms. The molecule has 0 N–H and O–H groups in total. The highest BCUT2D eigenvalue weighted by atomic mass is 19.1. The number of carbonyl (C=O) groups is 1. The summed E-state index contributed by atoms with van der Waals surface area (Å²) in [7, 11) is 1.64. The molecule has 1 atom stereocenters. The summed E-state index contributed by atoms with van der Waals surface area (Å²) < 4.78 is 18.9. The van der Waals surface area contributed by atoms with Crippen molar-refractivity contribution in [1.82, 2.24) is 9.91 Å². The van der Waals surface area contributed by atoms with Gasteiger partial charge in [-0.3, -0.25) is 9.69 Å². The van der Waals surface area contributed by atoms with Crippen molar-refractivity contribution < 1.29 is 13.9 Å². The normalized spacial score (nSPS) is 18.8. The standard InChI is InChI=1S/C30H32FN3O2/c1-36-27-13-9-24(10-14-27)28-20-29(25-7-11-26(31)12-8-25)34(32-28)30(35)21-33-17-15-23(16-18-33)19-22-5-3-2-4-6-22/h2-14,23,29H,15-21H2,1H3/t29-/m1/s1. The fourth-order valence-corrected chi connectivity index (χ4v) is 5.20. The zero-order valence-corrected chi connectivity index (χ0v) is 20.6. The average Bonchev–Trinajstić information content (AvgIpc) is 3.37. The second-order valence-corrected chi connectivity index (χ2v) is 9.69. The fraction of sp³-hybridized carbons (Fsp3) is 0.333. The topological polar surface area (TPSA) is 45.1 Å². The highest BCUT2D eigenvalue weighted by Crippen LogP contribution is 2.33. The summed E-state index contributed by atoms with van der Waals surface area (Å²) in [6, 6.07) is 24.5. The van der Waals surface area contributed by atoms with Crippen molar-refractivity contribution in [2.45, 2.75) is 31.7 Å². The van der Waals surface area contributed by atoms with E-state index in [0.717, 1.165) is 54.9 Å². The van der Waals surface area contributed by atoms with Crippen LogP contribution in [0.2, 0.25) is 0 Å². The van der Waals surface area contributed by atoms with Gasteiger partial charge < -0.3 is 4.74 Å². The molecule has 0 aromatic heterocycles. The van der Waals surface area contributed by atoms with Crippen LogP contribution in [0.15, 0.2) is 84.0 Å². The van der Waals surface area contributed by atoms with E-state index in [4.69, 9.17) is 9.84 Å². The molecule has 0 radical (unpaired) electrons. The van der Waals surface area contributed by atoms with Gasteiger partial charge in [-0.1, -0.05) is 42.5 Å². The first-order valence-corrected chi connectivity index (χ1v) is 12.6. The minimum atomic E-state index is -0.288. The zero-order valence-electron chi connectivity index (χ0n) is 20.6. The van der Waals surface area contributed by atoms with E-state index in [1.54, 1.807) is 24.3 Å². The predicted octanol–water partition coefficient (Wildman–Crippen LogP) is 5.47. The van der Waals surface area contributed by atoms with Crippen molar-refractivity contribution in [3.05, 3.63) is 101 Å². The van der Waals surface area contributed by atoms with Gasteiger partial charge in [-0.05, 0) is 91.4 Å². The highest BCUT2D eigenvalue weighted by molar-refractivity contribution is 6.03. The van der Waals surface area contributed by atoms with Crippen LogP contribution in [-0.4, -0.2) is 48.3 Å². The average molecular weight is 486 g/mol. The number of nitrogens with zero attached hydrogens (tertiary/aromatic N) is 3. The predicted molar refractivity (Wildman–Crippen MR) is 139 cm³/mol. The van der Waals surface area contributed by atoms with Gasteiger partial charge in [-0.15, -0.1) is 0 Å². The summed E-state index contributed by atoms with van der Waals surface area (Å²) in [5.74, 6) is 1.12. The molecule has 0 saturated carbocycles. The van der Waals surface area contributed by atoms with Crippen LogP contribution >= 0.6 is 0 Å². The van der Waals surface area contributed by atoms with Gasteiger partial charge in [-0.2, -0.15) is 5.10 Å². The Labute approximate surface area is 212 Å². The van der Waals surface area contributed by atoms with E-state index >= 15 is 0 Å². The number of rotatable bonds is 7. The van der Waals surface area contributed by atoms with Crippen molar-refractivity contribution in [3.63, 3.8) is 0 Å². The van der Waals surface area contributed by atoms with Crippen LogP contribution in [0.3, 0.4) is 0 Å². The molecule has 0 spiro atoms. The summed E-state index contributed by atoms with van der Waals surface area (Å²) in [5, 5.41) is 6.38. The first kappa shape index (κ1) is 24.2. The summed E-state index contributed by atoms with van der Waals surface area (Å²) in [5.41, 5.74) is 4.08. The lowest BCUT2D eigenvalue weighted by molar-refractivity contribution is -0.134. The number of likely N-dealkylation sites (tertiary alicyclic amines) is 1. The van der Waals surface area contributed by atoms with Crippen LogP contribution in [0.4, 0.5) is 4.39 Å². The van der Waals surface area contributed by atoms with E-state index in [1.807, 2.05) is 24.3 Å². The van der Waals surface area contributed by atoms with Crippen LogP contribution in [0.5, 0.6) is 5.75 Å². The summed E-state index contributed by atoms with van der Waals surface area (Å²) >= 11 is 0. The molecular formula is C30H32FN3O2. The fourth-order valence-electron chi connectivity index (χ4n) is 5.20. The van der Waals surface area contributed by atoms with E-state index < -0.39 is 0 Å². The van der Waals surface area contributed by atoms with E-state index in [2.05, 4.69) is 35.2 Å². The smallest absolute Gasteiger partial charge is 0.257 e. The van der Waals surface area contributed by atoms with E-state index in [-0.39, 0.29) is 17.8 Å². The summed E-state index contributed by atoms with van der Waals surface area (Å²) in [4.78, 5) is 15.7. The SMILES string of the molecule is COc1ccc(C2=NN(C(=O)CN3CCC(Cc4ccccc4)CC3)[C@@H](c3ccc(F)cc3)C2)cc1. The lowest BCUT2D eigenvalue weighted by Crippen LogP contribution is -2.42. The first-order chi connectivity index (χ1) is 17.6. The Morgan fingerprint density at radius 3 is 2.33 bits per heavy atom. The maximum absolute atomic E-state index is 13.6. The van der Waals surface area contributed by atoms with Gasteiger partial charge in [-0.25, -0.2) is 9.40 Å². The Bertz CT molecular complexity index is 1190. The largest absolute Gasteiger partial charge is 0.497 e. The van der Waals surface area contributed by atoms with Gasteiger partial charge in [0.05, 0.1) is 25.4 Å². The van der Waals surface area contributed by atoms with Gasteiger partial charge in [0.1, 0.15) is 11.6 Å². The molecule has 2 aliphatic rings. The second kappa shape index (κ2) is 11.0. The third-order valence-corrected chi connectivity index (χ3v) is 7.28. The molecule has 0 aliphatic carbocycles. The Kier molecular flexibility index (Phi) is 7.42. The molecule has 186 valence electrons. The van der Waals surface area contributed by atoms with E-state index in [0.29, 0.717) is 18.9 Å². The quantitative estimate of drug-likeness (QED) is 0.446. The van der Waals surface area contributed by atoms with Crippen molar-refractivity contribution in [2.24, 2.45) is 11.0 Å². The van der Waals surface area contributed by atoms with Crippen LogP contribution in [0.25, 0.3) is 0 Å². The van der Waals surface area contributed by atoms with Crippen LogP contribution in [0.1, 0.15) is 42.0 Å². The van der Waals surface area contributed by atoms with Crippen molar-refractivity contribution in [1.29, 1.82) is 0 Å². The Morgan fingerprint density at radius 1 is 0.972 bits per heavy atom. The third kappa shape index (κ3) is 5.65. The Balaban J connectivity index is 1.27. The molecule has 0 bridgehead atoms. The number of piperidine rings is 1. The molecule has 0 unspecified atom stereocenters. The summed E-state index contributed by atoms with van der Waals surface area (Å²) in [6.07, 6.45) is 3.85. The van der Waals surface area contributed by atoms with Gasteiger partial charge in [0.15, 0.2) is 0 Å². The second-order valence-electron chi connectivity index (χ2n) is 9.69. The Morgan fingerprint density at radius 2 is 1.67 bits per heavy atom. The van der Waals surface area contributed by atoms with Crippen LogP contribution in [0, 0.1) is 11.7 Å². The lowest BCUT2D eigenvalue weighted by Gasteiger charge is -2.33. The molecular weight excluding hydrogens is 453 g/mol. The Hall–Kier alpha value is -3.51. The first-order valence-electron chi connectivity index (χ1n) is 12.6. The van der Waals surface area contributed by atoms with Crippen molar-refractivity contribution in [2.75, 3.05) is 26.7 Å². The molecule has 3 aromatic carbocycles. The molecule has 2 aliphatic heterocycles. The zero-order chi connectivity index (χ0) is 24.9. The van der Waals surface area contributed by atoms with Crippen molar-refractivity contribution in [3.8, 4) is 5.75 Å². The highest BCUT2D eigenvalue weighted by Gasteiger charge is 2.34. The number of methoxy groups -OCH3 is 1. The molecule has 3 aromatic rings. The summed E-state index contributed by atoms with van der Waals surface area (Å²) in [6.45, 7) is 2.16. The molecule has 1 fully saturated rings. The number of hydrogen-bond donors (Lipinski definition) is 0. The number of hydrogen-bond acceptors (Lipinski definition) is 4. The number of benzene rings is 3. The molecule has 1 saturated heterocycles. The van der Waals surface area contributed by atoms with Gasteiger partial charge >= 0.3 is 0 Å². The van der Waals surface area contributed by atoms with Gasteiger partial charge in [0.25, 0.3) is 5.91 Å². The third-order valence-electron chi connectivity index (χ3n) is 7.28. The maximum Gasteiger partial charge on any atom is 0.257 e. The van der Waals surface area contributed by atoms with Crippen LogP contribution < -0.4 is 4.74 Å². The molecule has 2 heterocycles. The minimum absolute atomic E-state index is 0.0191. The molecule has 1 amide bonds. The number of ether oxygens (including phenoxy) is 1. The maximum atomic E-state index is 13.6. The monoisotopic (exact) mass is 485 g/mol. The van der Waals surface area contributed by atoms with Crippen LogP contribution in [-0.2, 0) is 11.2 Å². The molecule has 5 nitrogen and oxygen atoms in total. The number of halogens is 1. The van der Waals surface area contributed by atoms with Crippen molar-refractivity contribution >= 4 is 11.6 Å². The number of carbonyl (C=O) groups excluding carboxylic acids is 1. The minimum Gasteiger partial charge on any atom is -0.497 e. The van der Waals surface area contributed by atoms with Gasteiger partial charge in [0.2, 0.25) is 0 Å². The number of amides is 1. The van der Waals surface area contributed by atoms with E-state index in [1.165, 1.54) is 17.7 Å². The lowest BCUT2D eigenvalue weighted by atomic mass is 9.90. The molecule has 5 rings (SSSR count). The van der Waals surface area contributed by atoms with E-state index in [9.17, 15) is 9.18 Å². The molecule has 6 heteroatoms.